The summed E-state index contributed by atoms with van der Waals surface area (Å²) < 4.78 is 0. The third kappa shape index (κ3) is 3.90. The van der Waals surface area contributed by atoms with Gasteiger partial charge >= 0.3 is 0 Å². The molecule has 0 N–H and O–H groups in total. The lowest BCUT2D eigenvalue weighted by atomic mass is 9.86. The van der Waals surface area contributed by atoms with E-state index in [-0.39, 0.29) is 0 Å². The molecule has 0 aliphatic carbocycles. The van der Waals surface area contributed by atoms with Crippen LogP contribution in [0.1, 0.15) is 33.6 Å². The molecule has 2 nitrogen and oxygen atoms in total. The molecular weight excluding hydrogens is 232 g/mol. The van der Waals surface area contributed by atoms with Crippen LogP contribution in [0.2, 0.25) is 0 Å². The summed E-state index contributed by atoms with van der Waals surface area (Å²) in [5.41, 5.74) is 5.12. The van der Waals surface area contributed by atoms with E-state index in [1.165, 1.54) is 42.8 Å². The van der Waals surface area contributed by atoms with Gasteiger partial charge in [0.15, 0.2) is 0 Å². The van der Waals surface area contributed by atoms with Crippen LogP contribution in [0.3, 0.4) is 0 Å². The lowest BCUT2D eigenvalue weighted by Gasteiger charge is -2.40. The van der Waals surface area contributed by atoms with Crippen molar-refractivity contribution in [1.82, 2.24) is 4.90 Å². The molecule has 3 aliphatic rings. The SMILES string of the molecule is C=C(C)C(=CC=C(C)C)CN=C1CN2CCC1CC2. The van der Waals surface area contributed by atoms with Gasteiger partial charge in [-0.2, -0.15) is 0 Å². The van der Waals surface area contributed by atoms with E-state index in [4.69, 9.17) is 4.99 Å². The van der Waals surface area contributed by atoms with Gasteiger partial charge in [0, 0.05) is 18.2 Å². The summed E-state index contributed by atoms with van der Waals surface area (Å²) in [6.07, 6.45) is 6.93. The van der Waals surface area contributed by atoms with Crippen molar-refractivity contribution in [1.29, 1.82) is 0 Å². The molecule has 0 aromatic carbocycles. The number of fused-ring (bicyclic) bond motifs is 3. The van der Waals surface area contributed by atoms with E-state index in [2.05, 4.69) is 44.4 Å². The molecule has 3 heterocycles. The Kier molecular flexibility index (Phi) is 4.76. The largest absolute Gasteiger partial charge is 0.298 e. The Balaban J connectivity index is 2.04. The molecule has 0 saturated carbocycles. The standard InChI is InChI=1S/C17H26N2/c1-13(2)5-6-16(14(3)4)11-18-17-12-19-9-7-15(17)8-10-19/h5-6,15H,3,7-12H2,1-2,4H3. The zero-order valence-electron chi connectivity index (χ0n) is 12.6. The third-order valence-corrected chi connectivity index (χ3v) is 4.06. The van der Waals surface area contributed by atoms with Gasteiger partial charge in [-0.1, -0.05) is 29.9 Å². The molecule has 0 amide bonds. The van der Waals surface area contributed by atoms with Crippen molar-refractivity contribution in [2.45, 2.75) is 33.6 Å². The Morgan fingerprint density at radius 2 is 1.95 bits per heavy atom. The Labute approximate surface area is 117 Å². The van der Waals surface area contributed by atoms with Gasteiger partial charge in [-0.05, 0) is 52.3 Å². The summed E-state index contributed by atoms with van der Waals surface area (Å²) >= 11 is 0. The van der Waals surface area contributed by atoms with Crippen LogP contribution in [0.5, 0.6) is 0 Å². The van der Waals surface area contributed by atoms with Crippen LogP contribution in [0, 0.1) is 5.92 Å². The molecule has 3 rings (SSSR count). The Morgan fingerprint density at radius 1 is 1.26 bits per heavy atom. The molecule has 3 aliphatic heterocycles. The Hall–Kier alpha value is -1.15. The van der Waals surface area contributed by atoms with Gasteiger partial charge in [0.25, 0.3) is 0 Å². The summed E-state index contributed by atoms with van der Waals surface area (Å²) in [6.45, 7) is 14.8. The normalized spacial score (nSPS) is 28.6. The summed E-state index contributed by atoms with van der Waals surface area (Å²) in [7, 11) is 0. The van der Waals surface area contributed by atoms with Crippen LogP contribution in [-0.2, 0) is 0 Å². The van der Waals surface area contributed by atoms with Crippen molar-refractivity contribution < 1.29 is 0 Å². The minimum absolute atomic E-state index is 0.750. The van der Waals surface area contributed by atoms with E-state index in [0.717, 1.165) is 24.6 Å². The average Bonchev–Trinajstić information content (AvgIpc) is 2.39. The smallest absolute Gasteiger partial charge is 0.0642 e. The molecule has 2 bridgehead atoms. The van der Waals surface area contributed by atoms with Gasteiger partial charge in [-0.25, -0.2) is 0 Å². The number of allylic oxidation sites excluding steroid dienone is 3. The Morgan fingerprint density at radius 3 is 2.42 bits per heavy atom. The maximum Gasteiger partial charge on any atom is 0.0642 e. The number of hydrogen-bond acceptors (Lipinski definition) is 2. The van der Waals surface area contributed by atoms with Crippen molar-refractivity contribution in [3.05, 3.63) is 35.5 Å². The first-order valence-corrected chi connectivity index (χ1v) is 7.32. The highest BCUT2D eigenvalue weighted by Crippen LogP contribution is 2.25. The molecule has 0 radical (unpaired) electrons. The molecule has 0 spiro atoms. The van der Waals surface area contributed by atoms with E-state index >= 15 is 0 Å². The lowest BCUT2D eigenvalue weighted by molar-refractivity contribution is 0.200. The first kappa shape index (κ1) is 14.3. The molecule has 3 fully saturated rings. The molecule has 3 saturated heterocycles. The molecule has 104 valence electrons. The minimum atomic E-state index is 0.750. The summed E-state index contributed by atoms with van der Waals surface area (Å²) in [5.74, 6) is 0.750. The second-order valence-corrected chi connectivity index (χ2v) is 6.07. The highest BCUT2D eigenvalue weighted by molar-refractivity contribution is 5.90. The average molecular weight is 258 g/mol. The van der Waals surface area contributed by atoms with Crippen molar-refractivity contribution in [3.8, 4) is 0 Å². The third-order valence-electron chi connectivity index (χ3n) is 4.06. The highest BCUT2D eigenvalue weighted by atomic mass is 15.2. The molecule has 0 aromatic rings. The fourth-order valence-corrected chi connectivity index (χ4v) is 2.75. The van der Waals surface area contributed by atoms with Crippen molar-refractivity contribution >= 4 is 5.71 Å². The fourth-order valence-electron chi connectivity index (χ4n) is 2.75. The fraction of sp³-hybridized carbons (Fsp3) is 0.588. The van der Waals surface area contributed by atoms with Gasteiger partial charge in [0.05, 0.1) is 6.54 Å². The maximum absolute atomic E-state index is 4.88. The molecule has 0 aromatic heterocycles. The van der Waals surface area contributed by atoms with Crippen molar-refractivity contribution in [2.75, 3.05) is 26.2 Å². The number of rotatable bonds is 4. The van der Waals surface area contributed by atoms with Gasteiger partial charge in [0.1, 0.15) is 0 Å². The summed E-state index contributed by atoms with van der Waals surface area (Å²) in [6, 6.07) is 0. The van der Waals surface area contributed by atoms with Gasteiger partial charge in [-0.3, -0.25) is 9.89 Å². The minimum Gasteiger partial charge on any atom is -0.298 e. The molecular formula is C17H26N2. The van der Waals surface area contributed by atoms with Crippen LogP contribution in [-0.4, -0.2) is 36.8 Å². The molecule has 19 heavy (non-hydrogen) atoms. The first-order valence-electron chi connectivity index (χ1n) is 7.32. The van der Waals surface area contributed by atoms with Gasteiger partial charge in [0.2, 0.25) is 0 Å². The van der Waals surface area contributed by atoms with Gasteiger partial charge in [-0.15, -0.1) is 0 Å². The van der Waals surface area contributed by atoms with Crippen molar-refractivity contribution in [3.63, 3.8) is 0 Å². The number of piperidine rings is 3. The molecule has 0 unspecified atom stereocenters. The van der Waals surface area contributed by atoms with Crippen LogP contribution in [0.15, 0.2) is 40.4 Å². The second kappa shape index (κ2) is 6.33. The zero-order valence-corrected chi connectivity index (χ0v) is 12.6. The van der Waals surface area contributed by atoms with Crippen LogP contribution >= 0.6 is 0 Å². The molecule has 2 heteroatoms. The zero-order chi connectivity index (χ0) is 13.8. The van der Waals surface area contributed by atoms with E-state index < -0.39 is 0 Å². The quantitative estimate of drug-likeness (QED) is 0.703. The summed E-state index contributed by atoms with van der Waals surface area (Å²) in [5, 5.41) is 0. The first-order chi connectivity index (χ1) is 9.06. The Bertz CT molecular complexity index is 428. The monoisotopic (exact) mass is 258 g/mol. The second-order valence-electron chi connectivity index (χ2n) is 6.07. The highest BCUT2D eigenvalue weighted by Gasteiger charge is 2.30. The topological polar surface area (TPSA) is 15.6 Å². The predicted octanol–water partition coefficient (Wildman–Crippen LogP) is 3.62. The van der Waals surface area contributed by atoms with Crippen LogP contribution in [0.25, 0.3) is 0 Å². The van der Waals surface area contributed by atoms with E-state index in [0.29, 0.717) is 0 Å². The lowest BCUT2D eigenvalue weighted by Crippen LogP contribution is -2.48. The van der Waals surface area contributed by atoms with Gasteiger partial charge < -0.3 is 0 Å². The number of nitrogens with zero attached hydrogens (tertiary/aromatic N) is 2. The number of hydrogen-bond donors (Lipinski definition) is 0. The molecule has 0 atom stereocenters. The van der Waals surface area contributed by atoms with Crippen LogP contribution in [0.4, 0.5) is 0 Å². The van der Waals surface area contributed by atoms with Crippen LogP contribution < -0.4 is 0 Å². The van der Waals surface area contributed by atoms with E-state index in [1.807, 2.05) is 0 Å². The van der Waals surface area contributed by atoms with E-state index in [1.54, 1.807) is 0 Å². The predicted molar refractivity (Wildman–Crippen MR) is 83.8 cm³/mol. The summed E-state index contributed by atoms with van der Waals surface area (Å²) in [4.78, 5) is 7.41. The van der Waals surface area contributed by atoms with E-state index in [9.17, 15) is 0 Å². The van der Waals surface area contributed by atoms with Crippen molar-refractivity contribution in [2.24, 2.45) is 10.9 Å². The number of aliphatic imine (C=N–C) groups is 1. The maximum atomic E-state index is 4.88.